The molecule has 0 amide bonds. The normalized spacial score (nSPS) is 12.2. The number of rotatable bonds is 11. The number of ether oxygens (including phenoxy) is 4. The van der Waals surface area contributed by atoms with Crippen LogP contribution in [0.3, 0.4) is 0 Å². The molecule has 0 aliphatic heterocycles. The van der Waals surface area contributed by atoms with Crippen molar-refractivity contribution in [3.05, 3.63) is 23.8 Å². The quantitative estimate of drug-likeness (QED) is 0.636. The summed E-state index contributed by atoms with van der Waals surface area (Å²) < 4.78 is 21.5. The molecule has 0 aromatic heterocycles. The Bertz CT molecular complexity index is 398. The largest absolute Gasteiger partial charge is 0.497 e. The van der Waals surface area contributed by atoms with Gasteiger partial charge in [0.05, 0.1) is 26.9 Å². The lowest BCUT2D eigenvalue weighted by Crippen LogP contribution is -2.14. The minimum Gasteiger partial charge on any atom is -0.497 e. The second kappa shape index (κ2) is 10.4. The monoisotopic (exact) mass is 297 g/mol. The number of benzene rings is 1. The Morgan fingerprint density at radius 2 is 1.90 bits per heavy atom. The molecule has 0 saturated heterocycles. The maximum absolute atomic E-state index is 5.88. The van der Waals surface area contributed by atoms with Crippen LogP contribution in [0, 0.1) is 0 Å². The van der Waals surface area contributed by atoms with Gasteiger partial charge >= 0.3 is 0 Å². The highest BCUT2D eigenvalue weighted by Gasteiger charge is 2.11. The second-order valence-corrected chi connectivity index (χ2v) is 4.72. The van der Waals surface area contributed by atoms with Crippen molar-refractivity contribution < 1.29 is 18.9 Å². The molecule has 21 heavy (non-hydrogen) atoms. The molecule has 5 nitrogen and oxygen atoms in total. The second-order valence-electron chi connectivity index (χ2n) is 4.72. The molecule has 0 aliphatic carbocycles. The van der Waals surface area contributed by atoms with Crippen LogP contribution < -0.4 is 14.8 Å². The summed E-state index contributed by atoms with van der Waals surface area (Å²) in [6, 6.07) is 6.13. The van der Waals surface area contributed by atoms with E-state index < -0.39 is 0 Å². The van der Waals surface area contributed by atoms with Crippen LogP contribution >= 0.6 is 0 Å². The number of hydrogen-bond donors (Lipinski definition) is 1. The van der Waals surface area contributed by atoms with E-state index in [0.29, 0.717) is 26.4 Å². The molecule has 0 aliphatic rings. The van der Waals surface area contributed by atoms with Gasteiger partial charge in [0.2, 0.25) is 0 Å². The van der Waals surface area contributed by atoms with Crippen molar-refractivity contribution in [1.29, 1.82) is 0 Å². The fourth-order valence-electron chi connectivity index (χ4n) is 1.87. The molecule has 0 saturated carbocycles. The molecule has 1 rings (SSSR count). The van der Waals surface area contributed by atoms with Gasteiger partial charge in [-0.25, -0.2) is 0 Å². The third kappa shape index (κ3) is 6.33. The van der Waals surface area contributed by atoms with Crippen LogP contribution in [0.4, 0.5) is 0 Å². The predicted octanol–water partition coefficient (Wildman–Crippen LogP) is 2.41. The van der Waals surface area contributed by atoms with Crippen LogP contribution in [0.5, 0.6) is 11.5 Å². The van der Waals surface area contributed by atoms with E-state index in [9.17, 15) is 0 Å². The molecule has 5 heteroatoms. The van der Waals surface area contributed by atoms with Crippen LogP contribution in [-0.2, 0) is 9.47 Å². The van der Waals surface area contributed by atoms with Crippen molar-refractivity contribution in [2.75, 3.05) is 47.7 Å². The van der Waals surface area contributed by atoms with Gasteiger partial charge in [-0.15, -0.1) is 0 Å². The average molecular weight is 297 g/mol. The van der Waals surface area contributed by atoms with Crippen molar-refractivity contribution in [3.8, 4) is 11.5 Å². The summed E-state index contributed by atoms with van der Waals surface area (Å²) in [5.74, 6) is 1.65. The maximum Gasteiger partial charge on any atom is 0.127 e. The zero-order chi connectivity index (χ0) is 15.5. The Morgan fingerprint density at radius 3 is 2.57 bits per heavy atom. The van der Waals surface area contributed by atoms with Gasteiger partial charge in [0.1, 0.15) is 11.5 Å². The zero-order valence-electron chi connectivity index (χ0n) is 13.5. The first kappa shape index (κ1) is 17.8. The van der Waals surface area contributed by atoms with Crippen LogP contribution in [-0.4, -0.2) is 47.7 Å². The Kier molecular flexibility index (Phi) is 8.82. The van der Waals surface area contributed by atoms with E-state index in [1.54, 1.807) is 14.2 Å². The molecule has 1 aromatic rings. The summed E-state index contributed by atoms with van der Waals surface area (Å²) >= 11 is 0. The zero-order valence-corrected chi connectivity index (χ0v) is 13.5. The SMILES string of the molecule is CNC(C)c1ccc(OC)cc1OCCCOCCOC. The molecule has 0 heterocycles. The van der Waals surface area contributed by atoms with Gasteiger partial charge < -0.3 is 24.3 Å². The molecule has 1 atom stereocenters. The fraction of sp³-hybridized carbons (Fsp3) is 0.625. The lowest BCUT2D eigenvalue weighted by atomic mass is 10.1. The standard InChI is InChI=1S/C16H27NO4/c1-13(17-2)15-7-6-14(19-4)12-16(15)21-9-5-8-20-11-10-18-3/h6-7,12-13,17H,5,8-11H2,1-4H3. The predicted molar refractivity (Wildman–Crippen MR) is 83.3 cm³/mol. The maximum atomic E-state index is 5.88. The van der Waals surface area contributed by atoms with E-state index in [0.717, 1.165) is 23.5 Å². The lowest BCUT2D eigenvalue weighted by Gasteiger charge is -2.17. The van der Waals surface area contributed by atoms with Crippen LogP contribution in [0.25, 0.3) is 0 Å². The van der Waals surface area contributed by atoms with Crippen molar-refractivity contribution in [2.24, 2.45) is 0 Å². The van der Waals surface area contributed by atoms with Crippen LogP contribution in [0.1, 0.15) is 24.9 Å². The number of methoxy groups -OCH3 is 2. The van der Waals surface area contributed by atoms with E-state index in [-0.39, 0.29) is 6.04 Å². The number of nitrogens with one attached hydrogen (secondary N) is 1. The van der Waals surface area contributed by atoms with Crippen molar-refractivity contribution in [2.45, 2.75) is 19.4 Å². The Morgan fingerprint density at radius 1 is 1.10 bits per heavy atom. The minimum absolute atomic E-state index is 0.226. The molecule has 0 fully saturated rings. The van der Waals surface area contributed by atoms with Gasteiger partial charge in [-0.3, -0.25) is 0 Å². The smallest absolute Gasteiger partial charge is 0.127 e. The highest BCUT2D eigenvalue weighted by atomic mass is 16.5. The first-order valence-electron chi connectivity index (χ1n) is 7.27. The Balaban J connectivity index is 2.48. The van der Waals surface area contributed by atoms with E-state index >= 15 is 0 Å². The van der Waals surface area contributed by atoms with E-state index in [1.165, 1.54) is 0 Å². The first-order valence-corrected chi connectivity index (χ1v) is 7.27. The average Bonchev–Trinajstić information content (AvgIpc) is 2.53. The molecule has 0 bridgehead atoms. The third-order valence-electron chi connectivity index (χ3n) is 3.24. The van der Waals surface area contributed by atoms with E-state index in [1.807, 2.05) is 25.2 Å². The topological polar surface area (TPSA) is 49.0 Å². The van der Waals surface area contributed by atoms with Crippen molar-refractivity contribution in [3.63, 3.8) is 0 Å². The van der Waals surface area contributed by atoms with Gasteiger partial charge in [0.15, 0.2) is 0 Å². The summed E-state index contributed by atoms with van der Waals surface area (Å²) in [7, 11) is 5.26. The molecular formula is C16H27NO4. The summed E-state index contributed by atoms with van der Waals surface area (Å²) in [6.45, 7) is 4.63. The highest BCUT2D eigenvalue weighted by molar-refractivity contribution is 5.42. The van der Waals surface area contributed by atoms with E-state index in [4.69, 9.17) is 18.9 Å². The summed E-state index contributed by atoms with van der Waals surface area (Å²) in [5, 5.41) is 3.22. The van der Waals surface area contributed by atoms with Gasteiger partial charge in [-0.2, -0.15) is 0 Å². The minimum atomic E-state index is 0.226. The highest BCUT2D eigenvalue weighted by Crippen LogP contribution is 2.29. The molecule has 120 valence electrons. The summed E-state index contributed by atoms with van der Waals surface area (Å²) in [6.07, 6.45) is 0.842. The molecule has 1 aromatic carbocycles. The van der Waals surface area contributed by atoms with E-state index in [2.05, 4.69) is 12.2 Å². The molecule has 1 N–H and O–H groups in total. The number of hydrogen-bond acceptors (Lipinski definition) is 5. The Labute approximate surface area is 127 Å². The molecular weight excluding hydrogens is 270 g/mol. The fourth-order valence-corrected chi connectivity index (χ4v) is 1.87. The van der Waals surface area contributed by atoms with Gasteiger partial charge in [0, 0.05) is 37.8 Å². The van der Waals surface area contributed by atoms with Gasteiger partial charge in [-0.1, -0.05) is 6.07 Å². The van der Waals surface area contributed by atoms with Crippen LogP contribution in [0.2, 0.25) is 0 Å². The summed E-state index contributed by atoms with van der Waals surface area (Å²) in [5.41, 5.74) is 1.12. The summed E-state index contributed by atoms with van der Waals surface area (Å²) in [4.78, 5) is 0. The lowest BCUT2D eigenvalue weighted by molar-refractivity contribution is 0.0643. The van der Waals surface area contributed by atoms with Gasteiger partial charge in [-0.05, 0) is 20.0 Å². The first-order chi connectivity index (χ1) is 10.2. The molecule has 0 spiro atoms. The van der Waals surface area contributed by atoms with Crippen LogP contribution in [0.15, 0.2) is 18.2 Å². The van der Waals surface area contributed by atoms with Crippen molar-refractivity contribution >= 4 is 0 Å². The Hall–Kier alpha value is -1.30. The van der Waals surface area contributed by atoms with Gasteiger partial charge in [0.25, 0.3) is 0 Å². The van der Waals surface area contributed by atoms with Crippen molar-refractivity contribution in [1.82, 2.24) is 5.32 Å². The molecule has 0 radical (unpaired) electrons. The molecule has 1 unspecified atom stereocenters. The third-order valence-corrected chi connectivity index (χ3v) is 3.24.